The summed E-state index contributed by atoms with van der Waals surface area (Å²) >= 11 is 0. The Morgan fingerprint density at radius 3 is 2.73 bits per heavy atom. The SMILES string of the molecule is CCC(C)(C)NC(=O)C(C)N1CCN2C(=O)C(=O)NCC2C1. The van der Waals surface area contributed by atoms with E-state index in [0.717, 1.165) is 6.42 Å². The molecular formula is C15H26N4O3. The fourth-order valence-electron chi connectivity index (χ4n) is 2.78. The summed E-state index contributed by atoms with van der Waals surface area (Å²) in [6, 6.07) is -0.297. The topological polar surface area (TPSA) is 81.8 Å². The van der Waals surface area contributed by atoms with Crippen LogP contribution in [-0.2, 0) is 14.4 Å². The van der Waals surface area contributed by atoms with E-state index in [1.54, 1.807) is 4.90 Å². The molecule has 0 aromatic carbocycles. The van der Waals surface area contributed by atoms with Gasteiger partial charge in [0.25, 0.3) is 0 Å². The molecule has 0 aromatic rings. The van der Waals surface area contributed by atoms with Gasteiger partial charge in [-0.05, 0) is 27.2 Å². The lowest BCUT2D eigenvalue weighted by Crippen LogP contribution is -2.67. The van der Waals surface area contributed by atoms with Crippen LogP contribution >= 0.6 is 0 Å². The predicted octanol–water partition coefficient (Wildman–Crippen LogP) is -0.678. The smallest absolute Gasteiger partial charge is 0.312 e. The highest BCUT2D eigenvalue weighted by Crippen LogP contribution is 2.16. The quantitative estimate of drug-likeness (QED) is 0.674. The largest absolute Gasteiger partial charge is 0.350 e. The molecule has 0 aliphatic carbocycles. The maximum Gasteiger partial charge on any atom is 0.312 e. The summed E-state index contributed by atoms with van der Waals surface area (Å²) in [5, 5.41) is 5.67. The molecule has 0 spiro atoms. The van der Waals surface area contributed by atoms with Gasteiger partial charge in [-0.1, -0.05) is 6.92 Å². The van der Waals surface area contributed by atoms with Gasteiger partial charge in [0, 0.05) is 31.7 Å². The van der Waals surface area contributed by atoms with Crippen LogP contribution in [0, 0.1) is 0 Å². The van der Waals surface area contributed by atoms with Crippen LogP contribution in [0.25, 0.3) is 0 Å². The van der Waals surface area contributed by atoms with Crippen molar-refractivity contribution in [2.75, 3.05) is 26.2 Å². The number of fused-ring (bicyclic) bond motifs is 1. The Labute approximate surface area is 131 Å². The summed E-state index contributed by atoms with van der Waals surface area (Å²) in [4.78, 5) is 39.3. The van der Waals surface area contributed by atoms with Crippen molar-refractivity contribution in [2.45, 2.75) is 51.7 Å². The summed E-state index contributed by atoms with van der Waals surface area (Å²) in [5.41, 5.74) is -0.220. The van der Waals surface area contributed by atoms with Crippen LogP contribution in [-0.4, -0.2) is 71.3 Å². The van der Waals surface area contributed by atoms with Crippen LogP contribution in [0.15, 0.2) is 0 Å². The molecule has 2 atom stereocenters. The summed E-state index contributed by atoms with van der Waals surface area (Å²) in [7, 11) is 0. The number of nitrogens with zero attached hydrogens (tertiary/aromatic N) is 2. The first-order valence-corrected chi connectivity index (χ1v) is 7.90. The molecule has 2 heterocycles. The van der Waals surface area contributed by atoms with Crippen molar-refractivity contribution in [3.63, 3.8) is 0 Å². The minimum atomic E-state index is -0.528. The Kier molecular flexibility index (Phi) is 4.75. The maximum absolute atomic E-state index is 12.4. The second-order valence-electron chi connectivity index (χ2n) is 6.76. The highest BCUT2D eigenvalue weighted by molar-refractivity contribution is 6.35. The molecule has 2 rings (SSSR count). The Balaban J connectivity index is 1.96. The van der Waals surface area contributed by atoms with Gasteiger partial charge < -0.3 is 15.5 Å². The van der Waals surface area contributed by atoms with E-state index in [-0.39, 0.29) is 23.5 Å². The molecule has 0 bridgehead atoms. The van der Waals surface area contributed by atoms with Gasteiger partial charge in [-0.25, -0.2) is 0 Å². The fourth-order valence-corrected chi connectivity index (χ4v) is 2.78. The molecule has 0 aromatic heterocycles. The molecule has 22 heavy (non-hydrogen) atoms. The predicted molar refractivity (Wildman–Crippen MR) is 82.1 cm³/mol. The molecule has 0 saturated carbocycles. The molecule has 124 valence electrons. The summed E-state index contributed by atoms with van der Waals surface area (Å²) in [6.07, 6.45) is 0.863. The molecular weight excluding hydrogens is 284 g/mol. The lowest BCUT2D eigenvalue weighted by atomic mass is 10.0. The van der Waals surface area contributed by atoms with Crippen LogP contribution in [0.2, 0.25) is 0 Å². The maximum atomic E-state index is 12.4. The van der Waals surface area contributed by atoms with E-state index < -0.39 is 11.8 Å². The fraction of sp³-hybridized carbons (Fsp3) is 0.800. The van der Waals surface area contributed by atoms with Crippen LogP contribution in [0.1, 0.15) is 34.1 Å². The Hall–Kier alpha value is -1.63. The molecule has 2 fully saturated rings. The van der Waals surface area contributed by atoms with E-state index in [0.29, 0.717) is 26.2 Å². The van der Waals surface area contributed by atoms with E-state index in [4.69, 9.17) is 0 Å². The highest BCUT2D eigenvalue weighted by atomic mass is 16.2. The monoisotopic (exact) mass is 310 g/mol. The van der Waals surface area contributed by atoms with Crippen LogP contribution in [0.3, 0.4) is 0 Å². The van der Waals surface area contributed by atoms with E-state index >= 15 is 0 Å². The molecule has 2 aliphatic heterocycles. The average Bonchev–Trinajstić information content (AvgIpc) is 2.49. The number of nitrogens with one attached hydrogen (secondary N) is 2. The first kappa shape index (κ1) is 16.7. The Morgan fingerprint density at radius 1 is 1.41 bits per heavy atom. The normalized spacial score (nSPS) is 24.5. The molecule has 2 saturated heterocycles. The number of hydrogen-bond acceptors (Lipinski definition) is 4. The number of amides is 3. The molecule has 7 heteroatoms. The number of carbonyl (C=O) groups excluding carboxylic acids is 3. The first-order valence-electron chi connectivity index (χ1n) is 7.90. The van der Waals surface area contributed by atoms with Gasteiger partial charge in [-0.3, -0.25) is 19.3 Å². The van der Waals surface area contributed by atoms with Crippen LogP contribution in [0.4, 0.5) is 0 Å². The van der Waals surface area contributed by atoms with E-state index in [1.165, 1.54) is 0 Å². The van der Waals surface area contributed by atoms with Gasteiger partial charge in [-0.15, -0.1) is 0 Å². The lowest BCUT2D eigenvalue weighted by Gasteiger charge is -2.45. The minimum absolute atomic E-state index is 0.00599. The summed E-state index contributed by atoms with van der Waals surface area (Å²) in [6.45, 7) is 10.1. The molecule has 2 N–H and O–H groups in total. The van der Waals surface area contributed by atoms with Crippen molar-refractivity contribution in [1.29, 1.82) is 0 Å². The third kappa shape index (κ3) is 3.40. The van der Waals surface area contributed by atoms with Crippen LogP contribution in [0.5, 0.6) is 0 Å². The standard InChI is InChI=1S/C15H26N4O3/c1-5-15(3,4)17-12(20)10(2)18-6-7-19-11(9-18)8-16-13(21)14(19)22/h10-11H,5-9H2,1-4H3,(H,16,21)(H,17,20). The van der Waals surface area contributed by atoms with Gasteiger partial charge in [0.15, 0.2) is 0 Å². The van der Waals surface area contributed by atoms with Gasteiger partial charge in [0.1, 0.15) is 0 Å². The molecule has 0 radical (unpaired) electrons. The zero-order valence-corrected chi connectivity index (χ0v) is 13.8. The van der Waals surface area contributed by atoms with Crippen molar-refractivity contribution in [3.05, 3.63) is 0 Å². The Morgan fingerprint density at radius 2 is 2.09 bits per heavy atom. The van der Waals surface area contributed by atoms with Crippen molar-refractivity contribution in [1.82, 2.24) is 20.4 Å². The minimum Gasteiger partial charge on any atom is -0.350 e. The van der Waals surface area contributed by atoms with Gasteiger partial charge in [0.05, 0.1) is 12.1 Å². The Bertz CT molecular complexity index is 477. The molecule has 2 unspecified atom stereocenters. The second kappa shape index (κ2) is 6.24. The van der Waals surface area contributed by atoms with E-state index in [2.05, 4.69) is 15.5 Å². The average molecular weight is 310 g/mol. The number of hydrogen-bond donors (Lipinski definition) is 2. The summed E-state index contributed by atoms with van der Waals surface area (Å²) in [5.74, 6) is -0.980. The highest BCUT2D eigenvalue weighted by Gasteiger charge is 2.39. The molecule has 3 amide bonds. The zero-order chi connectivity index (χ0) is 16.5. The van der Waals surface area contributed by atoms with Crippen molar-refractivity contribution >= 4 is 17.7 Å². The number of carbonyl (C=O) groups is 3. The van der Waals surface area contributed by atoms with E-state index in [1.807, 2.05) is 27.7 Å². The third-order valence-electron chi connectivity index (χ3n) is 4.74. The molecule has 7 nitrogen and oxygen atoms in total. The van der Waals surface area contributed by atoms with Gasteiger partial charge in [0.2, 0.25) is 5.91 Å². The van der Waals surface area contributed by atoms with Crippen molar-refractivity contribution in [3.8, 4) is 0 Å². The zero-order valence-electron chi connectivity index (χ0n) is 13.8. The third-order valence-corrected chi connectivity index (χ3v) is 4.74. The first-order chi connectivity index (χ1) is 10.2. The van der Waals surface area contributed by atoms with Gasteiger partial charge in [-0.2, -0.15) is 0 Å². The van der Waals surface area contributed by atoms with Crippen LogP contribution < -0.4 is 10.6 Å². The lowest BCUT2D eigenvalue weighted by molar-refractivity contribution is -0.153. The number of rotatable bonds is 4. The van der Waals surface area contributed by atoms with E-state index in [9.17, 15) is 14.4 Å². The second-order valence-corrected chi connectivity index (χ2v) is 6.76. The number of piperazine rings is 2. The molecule has 2 aliphatic rings. The van der Waals surface area contributed by atoms with Crippen molar-refractivity contribution in [2.24, 2.45) is 0 Å². The van der Waals surface area contributed by atoms with Gasteiger partial charge >= 0.3 is 11.8 Å². The summed E-state index contributed by atoms with van der Waals surface area (Å²) < 4.78 is 0. The van der Waals surface area contributed by atoms with Crippen molar-refractivity contribution < 1.29 is 14.4 Å².